The van der Waals surface area contributed by atoms with Gasteiger partial charge in [-0.2, -0.15) is 0 Å². The van der Waals surface area contributed by atoms with E-state index in [9.17, 15) is 12.8 Å². The first-order valence-electron chi connectivity index (χ1n) is 12.2. The predicted molar refractivity (Wildman–Crippen MR) is 141 cm³/mol. The Morgan fingerprint density at radius 2 is 1.81 bits per heavy atom. The number of sulfone groups is 1. The van der Waals surface area contributed by atoms with Crippen LogP contribution in [0.15, 0.2) is 53.8 Å². The number of morpholine rings is 1. The molecule has 5 heterocycles. The number of anilines is 3. The van der Waals surface area contributed by atoms with Gasteiger partial charge in [0.05, 0.1) is 59.1 Å². The van der Waals surface area contributed by atoms with Crippen molar-refractivity contribution in [2.24, 2.45) is 0 Å². The molecule has 0 aliphatic carbocycles. The molecular weight excluding hydrogens is 493 g/mol. The van der Waals surface area contributed by atoms with E-state index in [0.717, 1.165) is 27.9 Å². The van der Waals surface area contributed by atoms with E-state index in [-0.39, 0.29) is 17.3 Å². The number of halogens is 1. The number of fused-ring (bicyclic) bond motifs is 2. The molecule has 0 unspecified atom stereocenters. The first-order valence-corrected chi connectivity index (χ1v) is 13.8. The summed E-state index contributed by atoms with van der Waals surface area (Å²) in [5.74, 6) is -0.470. The van der Waals surface area contributed by atoms with E-state index < -0.39 is 15.7 Å². The van der Waals surface area contributed by atoms with Crippen molar-refractivity contribution in [3.63, 3.8) is 0 Å². The number of nitrogens with zero attached hydrogens (tertiary/aromatic N) is 5. The number of aromatic nitrogens is 3. The van der Waals surface area contributed by atoms with Crippen LogP contribution in [-0.4, -0.2) is 62.0 Å². The number of hydrogen-bond acceptors (Lipinski definition) is 8. The highest BCUT2D eigenvalue weighted by Gasteiger charge is 2.34. The van der Waals surface area contributed by atoms with Crippen LogP contribution in [0.3, 0.4) is 0 Å². The van der Waals surface area contributed by atoms with Crippen molar-refractivity contribution in [1.82, 2.24) is 15.0 Å². The maximum atomic E-state index is 14.3. The monoisotopic (exact) mass is 519 g/mol. The lowest BCUT2D eigenvalue weighted by Gasteiger charge is -2.35. The molecule has 6 rings (SSSR count). The Morgan fingerprint density at radius 1 is 1.00 bits per heavy atom. The molecule has 10 heteroatoms. The third-order valence-electron chi connectivity index (χ3n) is 6.95. The maximum Gasteiger partial charge on any atom is 0.199 e. The fourth-order valence-electron chi connectivity index (χ4n) is 5.10. The normalized spacial score (nSPS) is 17.2. The molecule has 37 heavy (non-hydrogen) atoms. The number of pyridine rings is 3. The van der Waals surface area contributed by atoms with Gasteiger partial charge in [-0.15, -0.1) is 0 Å². The lowest BCUT2D eigenvalue weighted by Crippen LogP contribution is -2.37. The van der Waals surface area contributed by atoms with Gasteiger partial charge in [-0.1, -0.05) is 0 Å². The van der Waals surface area contributed by atoms with E-state index >= 15 is 0 Å². The lowest BCUT2D eigenvalue weighted by molar-refractivity contribution is 0.122. The summed E-state index contributed by atoms with van der Waals surface area (Å²) in [4.78, 5) is 17.9. The molecule has 0 atom stereocenters. The van der Waals surface area contributed by atoms with Crippen LogP contribution in [0.25, 0.3) is 22.3 Å². The van der Waals surface area contributed by atoms with E-state index in [0.29, 0.717) is 48.9 Å². The van der Waals surface area contributed by atoms with E-state index in [1.807, 2.05) is 36.9 Å². The fourth-order valence-corrected chi connectivity index (χ4v) is 6.41. The van der Waals surface area contributed by atoms with Crippen molar-refractivity contribution in [3.8, 4) is 11.4 Å². The number of ether oxygens (including phenoxy) is 1. The molecule has 4 aromatic rings. The van der Waals surface area contributed by atoms with Crippen LogP contribution in [-0.2, 0) is 14.6 Å². The average Bonchev–Trinajstić information content (AvgIpc) is 2.89. The number of benzene rings is 1. The van der Waals surface area contributed by atoms with Crippen LogP contribution < -0.4 is 9.80 Å². The Balaban J connectivity index is 1.60. The Labute approximate surface area is 214 Å². The SMILES string of the molecule is Cc1ccnc(-c2nc3cc(F)ccc3c(N3CCS(=O)(=O)c4ncc(N5CCOCC5)cc43)c2C)c1. The molecular formula is C27H26FN5O3S. The lowest BCUT2D eigenvalue weighted by atomic mass is 10.0. The molecule has 8 nitrogen and oxygen atoms in total. The first kappa shape index (κ1) is 23.7. The molecule has 190 valence electrons. The van der Waals surface area contributed by atoms with Gasteiger partial charge in [-0.05, 0) is 49.7 Å². The third kappa shape index (κ3) is 4.19. The molecule has 1 saturated heterocycles. The largest absolute Gasteiger partial charge is 0.378 e. The van der Waals surface area contributed by atoms with Crippen molar-refractivity contribution >= 4 is 37.8 Å². The molecule has 2 aliphatic rings. The Morgan fingerprint density at radius 3 is 2.59 bits per heavy atom. The average molecular weight is 520 g/mol. The zero-order valence-corrected chi connectivity index (χ0v) is 21.4. The summed E-state index contributed by atoms with van der Waals surface area (Å²) >= 11 is 0. The summed E-state index contributed by atoms with van der Waals surface area (Å²) in [5.41, 5.74) is 5.77. The topological polar surface area (TPSA) is 88.5 Å². The second-order valence-corrected chi connectivity index (χ2v) is 11.4. The van der Waals surface area contributed by atoms with Crippen molar-refractivity contribution in [2.45, 2.75) is 18.9 Å². The van der Waals surface area contributed by atoms with Crippen LogP contribution >= 0.6 is 0 Å². The second-order valence-electron chi connectivity index (χ2n) is 9.40. The van der Waals surface area contributed by atoms with Gasteiger partial charge >= 0.3 is 0 Å². The van der Waals surface area contributed by atoms with Crippen LogP contribution in [0.1, 0.15) is 11.1 Å². The molecule has 1 fully saturated rings. The third-order valence-corrected chi connectivity index (χ3v) is 8.57. The van der Waals surface area contributed by atoms with Crippen LogP contribution in [0.4, 0.5) is 21.5 Å². The quantitative estimate of drug-likeness (QED) is 0.398. The van der Waals surface area contributed by atoms with Crippen LogP contribution in [0, 0.1) is 19.7 Å². The summed E-state index contributed by atoms with van der Waals surface area (Å²) in [6.45, 7) is 6.78. The minimum Gasteiger partial charge on any atom is -0.378 e. The van der Waals surface area contributed by atoms with Crippen molar-refractivity contribution in [2.75, 3.05) is 48.4 Å². The molecule has 0 saturated carbocycles. The van der Waals surface area contributed by atoms with E-state index in [4.69, 9.17) is 9.72 Å². The highest BCUT2D eigenvalue weighted by molar-refractivity contribution is 7.91. The zero-order valence-electron chi connectivity index (χ0n) is 20.6. The molecule has 0 N–H and O–H groups in total. The number of hydrogen-bond donors (Lipinski definition) is 0. The van der Waals surface area contributed by atoms with Gasteiger partial charge in [-0.3, -0.25) is 4.98 Å². The van der Waals surface area contributed by atoms with Gasteiger partial charge < -0.3 is 14.5 Å². The van der Waals surface area contributed by atoms with Gasteiger partial charge in [0.15, 0.2) is 14.9 Å². The molecule has 0 radical (unpaired) electrons. The van der Waals surface area contributed by atoms with Gasteiger partial charge in [0.25, 0.3) is 0 Å². The van der Waals surface area contributed by atoms with Crippen LogP contribution in [0.5, 0.6) is 0 Å². The molecule has 1 aromatic carbocycles. The highest BCUT2D eigenvalue weighted by atomic mass is 32.2. The van der Waals surface area contributed by atoms with Gasteiger partial charge in [0.2, 0.25) is 0 Å². The zero-order chi connectivity index (χ0) is 25.7. The fraction of sp³-hybridized carbons (Fsp3) is 0.296. The second kappa shape index (κ2) is 9.04. The number of aryl methyl sites for hydroxylation is 1. The van der Waals surface area contributed by atoms with Gasteiger partial charge in [-0.25, -0.2) is 22.8 Å². The Kier molecular flexibility index (Phi) is 5.80. The minimum atomic E-state index is -3.56. The Bertz CT molecular complexity index is 1640. The van der Waals surface area contributed by atoms with Crippen molar-refractivity contribution in [3.05, 3.63) is 65.7 Å². The summed E-state index contributed by atoms with van der Waals surface area (Å²) in [7, 11) is -3.56. The Hall–Kier alpha value is -3.63. The standard InChI is InChI=1S/C27H26FN5O3S/c1-17-5-6-29-23(13-17)25-18(2)26(21-4-3-19(28)14-22(21)31-25)33-9-12-37(34,35)27-24(33)15-20(16-30-27)32-7-10-36-11-8-32/h3-6,13-16H,7-12H2,1-2H3. The molecule has 2 aliphatic heterocycles. The maximum absolute atomic E-state index is 14.3. The van der Waals surface area contributed by atoms with Crippen molar-refractivity contribution in [1.29, 1.82) is 0 Å². The summed E-state index contributed by atoms with van der Waals surface area (Å²) < 4.78 is 45.9. The van der Waals surface area contributed by atoms with E-state index in [1.165, 1.54) is 12.1 Å². The highest BCUT2D eigenvalue weighted by Crippen LogP contribution is 2.43. The molecule has 0 amide bonds. The summed E-state index contributed by atoms with van der Waals surface area (Å²) in [6, 6.07) is 10.3. The predicted octanol–water partition coefficient (Wildman–Crippen LogP) is 4.21. The van der Waals surface area contributed by atoms with Gasteiger partial charge in [0.1, 0.15) is 5.82 Å². The number of rotatable bonds is 3. The van der Waals surface area contributed by atoms with Crippen molar-refractivity contribution < 1.29 is 17.5 Å². The van der Waals surface area contributed by atoms with E-state index in [2.05, 4.69) is 14.9 Å². The summed E-state index contributed by atoms with van der Waals surface area (Å²) in [5, 5.41) is 0.787. The van der Waals surface area contributed by atoms with E-state index in [1.54, 1.807) is 18.5 Å². The summed E-state index contributed by atoms with van der Waals surface area (Å²) in [6.07, 6.45) is 3.35. The molecule has 3 aromatic heterocycles. The first-order chi connectivity index (χ1) is 17.8. The molecule has 0 spiro atoms. The minimum absolute atomic E-state index is 0.0532. The van der Waals surface area contributed by atoms with Crippen LogP contribution in [0.2, 0.25) is 0 Å². The molecule has 0 bridgehead atoms. The smallest absolute Gasteiger partial charge is 0.199 e. The van der Waals surface area contributed by atoms with Gasteiger partial charge in [0, 0.05) is 42.8 Å².